The van der Waals surface area contributed by atoms with Crippen molar-refractivity contribution < 1.29 is 0 Å². The molecule has 0 aliphatic heterocycles. The Morgan fingerprint density at radius 1 is 1.17 bits per heavy atom. The number of aromatic nitrogens is 1. The molecule has 1 aromatic heterocycles. The van der Waals surface area contributed by atoms with Crippen molar-refractivity contribution in [3.63, 3.8) is 0 Å². The first kappa shape index (κ1) is 11.4. The van der Waals surface area contributed by atoms with E-state index in [1.807, 2.05) is 36.4 Å². The lowest BCUT2D eigenvalue weighted by molar-refractivity contribution is 1.50. The van der Waals surface area contributed by atoms with Crippen LogP contribution in [0.2, 0.25) is 0 Å². The van der Waals surface area contributed by atoms with Crippen molar-refractivity contribution >= 4 is 38.2 Å². The van der Waals surface area contributed by atoms with Gasteiger partial charge in [-0.05, 0) is 32.8 Å². The van der Waals surface area contributed by atoms with E-state index < -0.39 is 0 Å². The summed E-state index contributed by atoms with van der Waals surface area (Å²) in [6, 6.07) is 14.3. The number of nitriles is 1. The number of nitrogens with zero attached hydrogens (tertiary/aromatic N) is 2. The van der Waals surface area contributed by atoms with Crippen molar-refractivity contribution in [1.29, 1.82) is 5.26 Å². The average Bonchev–Trinajstić information content (AvgIpc) is 2.83. The Bertz CT molecular complexity index is 771. The predicted molar refractivity (Wildman–Crippen MR) is 77.5 cm³/mol. The van der Waals surface area contributed by atoms with Crippen LogP contribution in [0.25, 0.3) is 21.2 Å². The molecule has 2 aromatic carbocycles. The summed E-state index contributed by atoms with van der Waals surface area (Å²) in [5.41, 5.74) is 1.64. The second-order valence-corrected chi connectivity index (χ2v) is 5.48. The fraction of sp³-hybridized carbons (Fsp3) is 0. The molecule has 86 valence electrons. The maximum Gasteiger partial charge on any atom is 0.100 e. The van der Waals surface area contributed by atoms with Gasteiger partial charge in [-0.25, -0.2) is 0 Å². The van der Waals surface area contributed by atoms with Gasteiger partial charge in [-0.3, -0.25) is 0 Å². The van der Waals surface area contributed by atoms with Gasteiger partial charge in [0.05, 0.1) is 21.1 Å². The minimum atomic E-state index is 0.707. The summed E-state index contributed by atoms with van der Waals surface area (Å²) in [6.07, 6.45) is 1.76. The molecule has 0 spiro atoms. The molecule has 3 aromatic rings. The molecule has 0 N–H and O–H groups in total. The Balaban J connectivity index is 2.38. The summed E-state index contributed by atoms with van der Waals surface area (Å²) in [6.45, 7) is 0. The van der Waals surface area contributed by atoms with Crippen LogP contribution in [-0.4, -0.2) is 4.37 Å². The predicted octanol–water partition coefficient (Wildman–Crippen LogP) is 4.60. The molecular weight excluding hydrogens is 308 g/mol. The van der Waals surface area contributed by atoms with Gasteiger partial charge in [0.2, 0.25) is 0 Å². The largest absolute Gasteiger partial charge is 0.199 e. The summed E-state index contributed by atoms with van der Waals surface area (Å²) >= 11 is 4.86. The first-order chi connectivity index (χ1) is 8.81. The topological polar surface area (TPSA) is 36.7 Å². The first-order valence-corrected chi connectivity index (χ1v) is 6.90. The lowest BCUT2D eigenvalue weighted by atomic mass is 9.99. The van der Waals surface area contributed by atoms with Crippen LogP contribution in [0.1, 0.15) is 5.56 Å². The van der Waals surface area contributed by atoms with Crippen LogP contribution in [0.15, 0.2) is 47.1 Å². The third kappa shape index (κ3) is 1.72. The third-order valence-corrected chi connectivity index (χ3v) is 4.51. The summed E-state index contributed by atoms with van der Waals surface area (Å²) in [5, 5.41) is 11.5. The van der Waals surface area contributed by atoms with E-state index in [-0.39, 0.29) is 0 Å². The highest BCUT2D eigenvalue weighted by Gasteiger charge is 2.13. The molecule has 0 saturated carbocycles. The van der Waals surface area contributed by atoms with Gasteiger partial charge in [0, 0.05) is 10.9 Å². The molecule has 0 amide bonds. The Morgan fingerprint density at radius 3 is 2.72 bits per heavy atom. The van der Waals surface area contributed by atoms with Gasteiger partial charge in [-0.1, -0.05) is 36.4 Å². The van der Waals surface area contributed by atoms with E-state index in [9.17, 15) is 5.26 Å². The molecule has 0 radical (unpaired) electrons. The van der Waals surface area contributed by atoms with Crippen molar-refractivity contribution in [2.75, 3.05) is 0 Å². The van der Waals surface area contributed by atoms with E-state index in [0.717, 1.165) is 25.7 Å². The van der Waals surface area contributed by atoms with Crippen LogP contribution in [-0.2, 0) is 0 Å². The third-order valence-electron chi connectivity index (χ3n) is 2.81. The van der Waals surface area contributed by atoms with E-state index in [1.165, 1.54) is 11.5 Å². The van der Waals surface area contributed by atoms with Crippen molar-refractivity contribution in [2.24, 2.45) is 0 Å². The fourth-order valence-electron chi connectivity index (χ4n) is 1.99. The Kier molecular flexibility index (Phi) is 2.86. The van der Waals surface area contributed by atoms with E-state index in [0.29, 0.717) is 5.56 Å². The van der Waals surface area contributed by atoms with Gasteiger partial charge in [-0.15, -0.1) is 0 Å². The zero-order valence-corrected chi connectivity index (χ0v) is 11.6. The number of rotatable bonds is 1. The molecule has 1 heterocycles. The summed E-state index contributed by atoms with van der Waals surface area (Å²) in [7, 11) is 0. The SMILES string of the molecule is N#Cc1c(-c2sncc2Br)ccc2ccccc12. The highest BCUT2D eigenvalue weighted by atomic mass is 79.9. The van der Waals surface area contributed by atoms with Crippen LogP contribution in [0.3, 0.4) is 0 Å². The molecule has 0 saturated heterocycles. The van der Waals surface area contributed by atoms with Crippen LogP contribution >= 0.6 is 27.5 Å². The molecule has 0 aliphatic carbocycles. The Morgan fingerprint density at radius 2 is 2.00 bits per heavy atom. The van der Waals surface area contributed by atoms with Crippen molar-refractivity contribution in [1.82, 2.24) is 4.37 Å². The Labute approximate surface area is 117 Å². The van der Waals surface area contributed by atoms with E-state index >= 15 is 0 Å². The summed E-state index contributed by atoms with van der Waals surface area (Å²) < 4.78 is 5.07. The highest BCUT2D eigenvalue weighted by molar-refractivity contribution is 9.10. The molecular formula is C14H7BrN2S. The van der Waals surface area contributed by atoms with Gasteiger partial charge >= 0.3 is 0 Å². The smallest absolute Gasteiger partial charge is 0.100 e. The minimum absolute atomic E-state index is 0.707. The van der Waals surface area contributed by atoms with Crippen molar-refractivity contribution in [3.8, 4) is 16.5 Å². The van der Waals surface area contributed by atoms with Crippen molar-refractivity contribution in [2.45, 2.75) is 0 Å². The summed E-state index contributed by atoms with van der Waals surface area (Å²) in [5.74, 6) is 0. The molecule has 0 atom stereocenters. The van der Waals surface area contributed by atoms with Gasteiger partial charge in [0.25, 0.3) is 0 Å². The van der Waals surface area contributed by atoms with E-state index in [4.69, 9.17) is 0 Å². The average molecular weight is 315 g/mol. The monoisotopic (exact) mass is 314 g/mol. The molecule has 0 fully saturated rings. The fourth-order valence-corrected chi connectivity index (χ4v) is 3.33. The number of hydrogen-bond donors (Lipinski definition) is 0. The van der Waals surface area contributed by atoms with Gasteiger partial charge in [0.1, 0.15) is 6.07 Å². The molecule has 0 unspecified atom stereocenters. The standard InChI is InChI=1S/C14H7BrN2S/c15-13-8-17-18-14(13)11-6-5-9-3-1-2-4-10(9)12(11)7-16/h1-6,8H. The number of benzene rings is 2. The zero-order valence-electron chi connectivity index (χ0n) is 9.22. The molecule has 0 bridgehead atoms. The number of fused-ring (bicyclic) bond motifs is 1. The molecule has 3 rings (SSSR count). The maximum atomic E-state index is 9.43. The van der Waals surface area contributed by atoms with Crippen LogP contribution in [0.4, 0.5) is 0 Å². The quantitative estimate of drug-likeness (QED) is 0.658. The van der Waals surface area contributed by atoms with Gasteiger partial charge < -0.3 is 0 Å². The molecule has 0 aliphatic rings. The normalized spacial score (nSPS) is 10.4. The van der Waals surface area contributed by atoms with Crippen molar-refractivity contribution in [3.05, 3.63) is 52.6 Å². The number of halogens is 1. The van der Waals surface area contributed by atoms with Crippen LogP contribution in [0.5, 0.6) is 0 Å². The lowest BCUT2D eigenvalue weighted by Gasteiger charge is -2.05. The first-order valence-electron chi connectivity index (χ1n) is 5.33. The second-order valence-electron chi connectivity index (χ2n) is 3.82. The molecule has 4 heteroatoms. The summed E-state index contributed by atoms with van der Waals surface area (Å²) in [4.78, 5) is 0.998. The van der Waals surface area contributed by atoms with E-state index in [2.05, 4.69) is 26.4 Å². The second kappa shape index (κ2) is 4.52. The van der Waals surface area contributed by atoms with Crippen LogP contribution < -0.4 is 0 Å². The highest BCUT2D eigenvalue weighted by Crippen LogP contribution is 2.36. The maximum absolute atomic E-state index is 9.43. The Hall–Kier alpha value is -1.70. The molecule has 2 nitrogen and oxygen atoms in total. The lowest BCUT2D eigenvalue weighted by Crippen LogP contribution is -1.85. The number of hydrogen-bond acceptors (Lipinski definition) is 3. The van der Waals surface area contributed by atoms with Crippen LogP contribution in [0, 0.1) is 11.3 Å². The van der Waals surface area contributed by atoms with E-state index in [1.54, 1.807) is 6.20 Å². The van der Waals surface area contributed by atoms with Gasteiger partial charge in [0.15, 0.2) is 0 Å². The zero-order chi connectivity index (χ0) is 12.5. The van der Waals surface area contributed by atoms with Gasteiger partial charge in [-0.2, -0.15) is 9.64 Å². The minimum Gasteiger partial charge on any atom is -0.199 e. The molecule has 18 heavy (non-hydrogen) atoms.